The fourth-order valence-electron chi connectivity index (χ4n) is 10.0. The van der Waals surface area contributed by atoms with Crippen LogP contribution in [0.1, 0.15) is 163 Å². The standard InChI is InChI=1S/C37H62O4/c1-5-6-7-8-9-10-11-12-13-14-15-16-17-18-35(40)41-34-26-29(39)25-28-19-20-30-32-22-21-31(27(2)38)36(32,3)24-23-33(30)37(28,34)4/h19,29-34,39H,5-18,20-26H2,1-4H3/t29-,30?,31+,32?,33?,34?,36+,37-/m0/s1. The lowest BCUT2D eigenvalue weighted by Gasteiger charge is -2.59. The Morgan fingerprint density at radius 1 is 0.878 bits per heavy atom. The van der Waals surface area contributed by atoms with E-state index in [4.69, 9.17) is 4.74 Å². The molecule has 0 bridgehead atoms. The number of esters is 1. The number of aliphatic hydroxyl groups is 1. The quantitative estimate of drug-likeness (QED) is 0.114. The molecule has 41 heavy (non-hydrogen) atoms. The smallest absolute Gasteiger partial charge is 0.306 e. The molecule has 3 fully saturated rings. The number of Topliss-reactive ketones (excluding diaryl/α,β-unsaturated/α-hetero) is 1. The van der Waals surface area contributed by atoms with E-state index in [1.54, 1.807) is 6.92 Å². The van der Waals surface area contributed by atoms with Crippen LogP contribution in [0.2, 0.25) is 0 Å². The van der Waals surface area contributed by atoms with Gasteiger partial charge in [0.2, 0.25) is 0 Å². The van der Waals surface area contributed by atoms with Crippen LogP contribution in [0.15, 0.2) is 11.6 Å². The van der Waals surface area contributed by atoms with Gasteiger partial charge in [0, 0.05) is 24.2 Å². The lowest BCUT2D eigenvalue weighted by Crippen LogP contribution is -2.56. The van der Waals surface area contributed by atoms with Crippen LogP contribution in [0.3, 0.4) is 0 Å². The van der Waals surface area contributed by atoms with E-state index >= 15 is 0 Å². The van der Waals surface area contributed by atoms with Crippen molar-refractivity contribution >= 4 is 11.8 Å². The maximum Gasteiger partial charge on any atom is 0.306 e. The van der Waals surface area contributed by atoms with Gasteiger partial charge in [-0.25, -0.2) is 0 Å². The zero-order valence-electron chi connectivity index (χ0n) is 27.1. The summed E-state index contributed by atoms with van der Waals surface area (Å²) in [5.41, 5.74) is 1.24. The third-order valence-corrected chi connectivity index (χ3v) is 12.4. The van der Waals surface area contributed by atoms with Gasteiger partial charge in [0.25, 0.3) is 0 Å². The zero-order valence-corrected chi connectivity index (χ0v) is 27.1. The minimum absolute atomic E-state index is 0.0759. The van der Waals surface area contributed by atoms with E-state index in [-0.39, 0.29) is 28.8 Å². The van der Waals surface area contributed by atoms with E-state index in [1.807, 2.05) is 0 Å². The minimum Gasteiger partial charge on any atom is -0.461 e. The first-order chi connectivity index (χ1) is 19.7. The molecule has 3 saturated carbocycles. The highest BCUT2D eigenvalue weighted by molar-refractivity contribution is 5.79. The summed E-state index contributed by atoms with van der Waals surface area (Å²) in [5.74, 6) is 2.07. The molecule has 0 radical (unpaired) electrons. The van der Waals surface area contributed by atoms with E-state index in [1.165, 1.54) is 76.2 Å². The largest absolute Gasteiger partial charge is 0.461 e. The summed E-state index contributed by atoms with van der Waals surface area (Å²) in [6, 6.07) is 0. The number of ether oxygens (including phenoxy) is 1. The molecule has 4 unspecified atom stereocenters. The van der Waals surface area contributed by atoms with Crippen molar-refractivity contribution in [3.8, 4) is 0 Å². The molecule has 4 aliphatic carbocycles. The van der Waals surface area contributed by atoms with Crippen LogP contribution in [0.5, 0.6) is 0 Å². The minimum atomic E-state index is -0.428. The molecule has 8 atom stereocenters. The lowest BCUT2D eigenvalue weighted by molar-refractivity contribution is -0.169. The maximum atomic E-state index is 13.1. The van der Waals surface area contributed by atoms with Crippen molar-refractivity contribution in [2.75, 3.05) is 0 Å². The Morgan fingerprint density at radius 2 is 1.49 bits per heavy atom. The number of carbonyl (C=O) groups is 2. The summed E-state index contributed by atoms with van der Waals surface area (Å²) in [6.45, 7) is 8.79. The van der Waals surface area contributed by atoms with Gasteiger partial charge in [-0.15, -0.1) is 0 Å². The van der Waals surface area contributed by atoms with Crippen LogP contribution < -0.4 is 0 Å². The van der Waals surface area contributed by atoms with Crippen LogP contribution in [-0.4, -0.2) is 29.1 Å². The molecule has 0 saturated heterocycles. The average molecular weight is 571 g/mol. The summed E-state index contributed by atoms with van der Waals surface area (Å²) < 4.78 is 6.29. The van der Waals surface area contributed by atoms with Gasteiger partial charge in [0.15, 0.2) is 0 Å². The summed E-state index contributed by atoms with van der Waals surface area (Å²) in [6.07, 6.45) is 25.8. The number of unbranched alkanes of at least 4 members (excludes halogenated alkanes) is 12. The molecule has 0 aliphatic heterocycles. The van der Waals surface area contributed by atoms with Gasteiger partial charge < -0.3 is 9.84 Å². The molecule has 0 amide bonds. The monoisotopic (exact) mass is 570 g/mol. The average Bonchev–Trinajstić information content (AvgIpc) is 3.29. The van der Waals surface area contributed by atoms with Gasteiger partial charge in [-0.1, -0.05) is 109 Å². The summed E-state index contributed by atoms with van der Waals surface area (Å²) in [5, 5.41) is 10.8. The first-order valence-electron chi connectivity index (χ1n) is 17.8. The van der Waals surface area contributed by atoms with E-state index < -0.39 is 6.10 Å². The topological polar surface area (TPSA) is 63.6 Å². The van der Waals surface area contributed by atoms with Crippen LogP contribution in [-0.2, 0) is 14.3 Å². The van der Waals surface area contributed by atoms with Crippen LogP contribution in [0.4, 0.5) is 0 Å². The Labute approximate surface area is 251 Å². The number of ketones is 1. The Morgan fingerprint density at radius 3 is 2.10 bits per heavy atom. The predicted molar refractivity (Wildman–Crippen MR) is 167 cm³/mol. The van der Waals surface area contributed by atoms with Gasteiger partial charge in [-0.2, -0.15) is 0 Å². The van der Waals surface area contributed by atoms with E-state index in [2.05, 4.69) is 26.8 Å². The SMILES string of the molecule is CCCCCCCCCCCCCCCC(=O)OC1C[C@@H](O)CC2=CCC3C(CC[C@@]4(C)C3CC[C@@H]4C(C)=O)[C@]21C. The van der Waals surface area contributed by atoms with Crippen molar-refractivity contribution in [1.82, 2.24) is 0 Å². The van der Waals surface area contributed by atoms with Crippen molar-refractivity contribution in [2.45, 2.75) is 175 Å². The highest BCUT2D eigenvalue weighted by Crippen LogP contribution is 2.66. The van der Waals surface area contributed by atoms with Crippen molar-refractivity contribution < 1.29 is 19.4 Å². The van der Waals surface area contributed by atoms with Gasteiger partial charge in [0.1, 0.15) is 11.9 Å². The predicted octanol–water partition coefficient (Wildman–Crippen LogP) is 9.52. The molecule has 4 aliphatic rings. The van der Waals surface area contributed by atoms with Gasteiger partial charge in [0.05, 0.1) is 6.10 Å². The molecule has 1 N–H and O–H groups in total. The molecular formula is C37H62O4. The maximum absolute atomic E-state index is 13.1. The van der Waals surface area contributed by atoms with Crippen LogP contribution >= 0.6 is 0 Å². The van der Waals surface area contributed by atoms with E-state index in [9.17, 15) is 14.7 Å². The van der Waals surface area contributed by atoms with Crippen molar-refractivity contribution in [3.63, 3.8) is 0 Å². The lowest BCUT2D eigenvalue weighted by atomic mass is 9.46. The summed E-state index contributed by atoms with van der Waals surface area (Å²) in [4.78, 5) is 25.6. The molecule has 0 heterocycles. The fourth-order valence-corrected chi connectivity index (χ4v) is 10.0. The number of hydrogen-bond donors (Lipinski definition) is 1. The molecular weight excluding hydrogens is 508 g/mol. The molecule has 0 aromatic carbocycles. The fraction of sp³-hybridized carbons (Fsp3) is 0.892. The Hall–Kier alpha value is -1.16. The first kappa shape index (κ1) is 32.7. The van der Waals surface area contributed by atoms with Crippen LogP contribution in [0.25, 0.3) is 0 Å². The normalized spacial score (nSPS) is 36.2. The van der Waals surface area contributed by atoms with Gasteiger partial charge in [-0.3, -0.25) is 9.59 Å². The van der Waals surface area contributed by atoms with Crippen LogP contribution in [0, 0.1) is 34.5 Å². The summed E-state index contributed by atoms with van der Waals surface area (Å²) in [7, 11) is 0. The highest BCUT2D eigenvalue weighted by atomic mass is 16.5. The van der Waals surface area contributed by atoms with Crippen molar-refractivity contribution in [1.29, 1.82) is 0 Å². The number of fused-ring (bicyclic) bond motifs is 5. The third kappa shape index (κ3) is 7.50. The second-order valence-corrected chi connectivity index (χ2v) is 15.0. The molecule has 4 rings (SSSR count). The molecule has 234 valence electrons. The highest BCUT2D eigenvalue weighted by Gasteiger charge is 2.62. The number of hydrogen-bond acceptors (Lipinski definition) is 4. The van der Waals surface area contributed by atoms with Gasteiger partial charge in [-0.05, 0) is 75.0 Å². The number of rotatable bonds is 16. The Bertz CT molecular complexity index is 893. The van der Waals surface area contributed by atoms with E-state index in [0.717, 1.165) is 44.9 Å². The van der Waals surface area contributed by atoms with Crippen molar-refractivity contribution in [2.24, 2.45) is 34.5 Å². The molecule has 0 aromatic rings. The number of allylic oxidation sites excluding steroid dienone is 1. The van der Waals surface area contributed by atoms with Gasteiger partial charge >= 0.3 is 5.97 Å². The number of carbonyl (C=O) groups excluding carboxylic acids is 2. The summed E-state index contributed by atoms with van der Waals surface area (Å²) >= 11 is 0. The molecule has 4 nitrogen and oxygen atoms in total. The molecule has 4 heteroatoms. The second-order valence-electron chi connectivity index (χ2n) is 15.0. The zero-order chi connectivity index (χ0) is 29.5. The second kappa shape index (κ2) is 15.0. The molecule has 0 spiro atoms. The van der Waals surface area contributed by atoms with E-state index in [0.29, 0.717) is 42.8 Å². The Balaban J connectivity index is 1.22. The number of aliphatic hydroxyl groups excluding tert-OH is 1. The first-order valence-corrected chi connectivity index (χ1v) is 17.8. The Kier molecular flexibility index (Phi) is 12.0. The third-order valence-electron chi connectivity index (χ3n) is 12.4. The molecule has 0 aromatic heterocycles. The van der Waals surface area contributed by atoms with Crippen molar-refractivity contribution in [3.05, 3.63) is 11.6 Å².